The Morgan fingerprint density at radius 2 is 1.76 bits per heavy atom. The molecule has 0 heterocycles. The van der Waals surface area contributed by atoms with E-state index in [-0.39, 0.29) is 5.97 Å². The summed E-state index contributed by atoms with van der Waals surface area (Å²) in [6.45, 7) is 3.89. The number of anilines is 1. The number of rotatable bonds is 5. The van der Waals surface area contributed by atoms with Crippen molar-refractivity contribution in [2.45, 2.75) is 13.8 Å². The SMILES string of the molecule is Cc1cccc(NC(=S)N/N=C/c2ccc(OC(=O)c3ccccc3C)cc2)c1. The van der Waals surface area contributed by atoms with E-state index in [0.717, 1.165) is 22.4 Å². The molecule has 146 valence electrons. The lowest BCUT2D eigenvalue weighted by Gasteiger charge is -2.08. The number of carbonyl (C=O) groups excluding carboxylic acids is 1. The summed E-state index contributed by atoms with van der Waals surface area (Å²) < 4.78 is 5.43. The van der Waals surface area contributed by atoms with Crippen molar-refractivity contribution in [1.82, 2.24) is 5.43 Å². The Hall–Kier alpha value is -3.51. The largest absolute Gasteiger partial charge is 0.423 e. The number of hydrogen-bond acceptors (Lipinski definition) is 4. The van der Waals surface area contributed by atoms with Crippen LogP contribution in [0, 0.1) is 13.8 Å². The topological polar surface area (TPSA) is 62.7 Å². The van der Waals surface area contributed by atoms with Crippen molar-refractivity contribution in [2.24, 2.45) is 5.10 Å². The molecule has 0 amide bonds. The molecule has 0 unspecified atom stereocenters. The number of hydrogen-bond donors (Lipinski definition) is 2. The summed E-state index contributed by atoms with van der Waals surface area (Å²) in [6, 6.07) is 22.3. The van der Waals surface area contributed by atoms with E-state index in [0.29, 0.717) is 16.4 Å². The third kappa shape index (κ3) is 5.99. The third-order valence-electron chi connectivity index (χ3n) is 4.11. The number of thiocarbonyl (C=S) groups is 1. The molecule has 3 aromatic carbocycles. The summed E-state index contributed by atoms with van der Waals surface area (Å²) in [6.07, 6.45) is 1.64. The van der Waals surface area contributed by atoms with Gasteiger partial charge in [-0.1, -0.05) is 30.3 Å². The number of nitrogens with zero attached hydrogens (tertiary/aromatic N) is 1. The zero-order valence-electron chi connectivity index (χ0n) is 16.2. The van der Waals surface area contributed by atoms with Crippen molar-refractivity contribution < 1.29 is 9.53 Å². The number of ether oxygens (including phenoxy) is 1. The molecule has 0 atom stereocenters. The molecule has 0 bridgehead atoms. The van der Waals surface area contributed by atoms with Crippen LogP contribution < -0.4 is 15.5 Å². The Morgan fingerprint density at radius 3 is 2.48 bits per heavy atom. The van der Waals surface area contributed by atoms with Crippen LogP contribution in [0.1, 0.15) is 27.0 Å². The first-order valence-electron chi connectivity index (χ1n) is 9.06. The zero-order valence-corrected chi connectivity index (χ0v) is 17.0. The second-order valence-electron chi connectivity index (χ2n) is 6.47. The number of nitrogens with one attached hydrogen (secondary N) is 2. The maximum absolute atomic E-state index is 12.3. The van der Waals surface area contributed by atoms with Crippen LogP contribution in [-0.2, 0) is 0 Å². The second-order valence-corrected chi connectivity index (χ2v) is 6.88. The van der Waals surface area contributed by atoms with Gasteiger partial charge in [0.2, 0.25) is 0 Å². The first-order chi connectivity index (χ1) is 14.0. The first-order valence-corrected chi connectivity index (χ1v) is 9.47. The van der Waals surface area contributed by atoms with Gasteiger partial charge in [-0.3, -0.25) is 5.43 Å². The fourth-order valence-electron chi connectivity index (χ4n) is 2.63. The van der Waals surface area contributed by atoms with Gasteiger partial charge in [-0.05, 0) is 85.2 Å². The van der Waals surface area contributed by atoms with Crippen LogP contribution in [-0.4, -0.2) is 17.3 Å². The summed E-state index contributed by atoms with van der Waals surface area (Å²) in [7, 11) is 0. The normalized spacial score (nSPS) is 10.6. The molecular formula is C23H21N3O2S. The van der Waals surface area contributed by atoms with Gasteiger partial charge >= 0.3 is 5.97 Å². The van der Waals surface area contributed by atoms with Crippen molar-refractivity contribution >= 4 is 35.2 Å². The Morgan fingerprint density at radius 1 is 1.00 bits per heavy atom. The summed E-state index contributed by atoms with van der Waals surface area (Å²) in [5.74, 6) is 0.0961. The molecule has 3 aromatic rings. The second kappa shape index (κ2) is 9.61. The molecule has 0 aliphatic carbocycles. The lowest BCUT2D eigenvalue weighted by molar-refractivity contribution is 0.0734. The molecule has 0 fully saturated rings. The van der Waals surface area contributed by atoms with E-state index in [9.17, 15) is 4.79 Å². The summed E-state index contributed by atoms with van der Waals surface area (Å²) >= 11 is 5.23. The molecule has 5 nitrogen and oxygen atoms in total. The zero-order chi connectivity index (χ0) is 20.6. The van der Waals surface area contributed by atoms with Gasteiger partial charge in [0.15, 0.2) is 5.11 Å². The average molecular weight is 404 g/mol. The Labute approximate surface area is 175 Å². The summed E-state index contributed by atoms with van der Waals surface area (Å²) in [5, 5.41) is 7.59. The van der Waals surface area contributed by atoms with Crippen LogP contribution in [0.15, 0.2) is 77.9 Å². The minimum atomic E-state index is -0.376. The highest BCUT2D eigenvalue weighted by Crippen LogP contribution is 2.15. The molecular weight excluding hydrogens is 382 g/mol. The minimum absolute atomic E-state index is 0.376. The number of esters is 1. The number of hydrazone groups is 1. The van der Waals surface area contributed by atoms with E-state index in [1.807, 2.05) is 68.4 Å². The highest BCUT2D eigenvalue weighted by atomic mass is 32.1. The highest BCUT2D eigenvalue weighted by Gasteiger charge is 2.10. The highest BCUT2D eigenvalue weighted by molar-refractivity contribution is 7.80. The molecule has 2 N–H and O–H groups in total. The number of carbonyl (C=O) groups is 1. The fraction of sp³-hybridized carbons (Fsp3) is 0.0870. The molecule has 0 radical (unpaired) electrons. The van der Waals surface area contributed by atoms with E-state index >= 15 is 0 Å². The minimum Gasteiger partial charge on any atom is -0.423 e. The van der Waals surface area contributed by atoms with E-state index in [1.165, 1.54) is 0 Å². The molecule has 6 heteroatoms. The molecule has 0 saturated carbocycles. The van der Waals surface area contributed by atoms with Crippen LogP contribution in [0.5, 0.6) is 5.75 Å². The van der Waals surface area contributed by atoms with Crippen LogP contribution in [0.2, 0.25) is 0 Å². The lowest BCUT2D eigenvalue weighted by Crippen LogP contribution is -2.23. The van der Waals surface area contributed by atoms with Gasteiger partial charge in [0.05, 0.1) is 11.8 Å². The standard InChI is InChI=1S/C23H21N3O2S/c1-16-6-5-8-19(14-16)25-23(29)26-24-15-18-10-12-20(13-11-18)28-22(27)21-9-4-3-7-17(21)2/h3-15H,1-2H3,(H2,25,26,29)/b24-15+. The quantitative estimate of drug-likeness (QED) is 0.210. The van der Waals surface area contributed by atoms with Gasteiger partial charge in [0, 0.05) is 5.69 Å². The average Bonchev–Trinajstić information content (AvgIpc) is 2.69. The van der Waals surface area contributed by atoms with E-state index in [4.69, 9.17) is 17.0 Å². The van der Waals surface area contributed by atoms with Crippen molar-refractivity contribution in [3.63, 3.8) is 0 Å². The smallest absolute Gasteiger partial charge is 0.343 e. The predicted octanol–water partition coefficient (Wildman–Crippen LogP) is 4.84. The van der Waals surface area contributed by atoms with Gasteiger partial charge in [-0.15, -0.1) is 0 Å². The van der Waals surface area contributed by atoms with Crippen LogP contribution in [0.25, 0.3) is 0 Å². The van der Waals surface area contributed by atoms with E-state index in [1.54, 1.807) is 24.4 Å². The van der Waals surface area contributed by atoms with Crippen LogP contribution >= 0.6 is 12.2 Å². The molecule has 0 aromatic heterocycles. The maximum atomic E-state index is 12.3. The third-order valence-corrected chi connectivity index (χ3v) is 4.30. The van der Waals surface area contributed by atoms with Crippen LogP contribution in [0.3, 0.4) is 0 Å². The van der Waals surface area contributed by atoms with Gasteiger partial charge < -0.3 is 10.1 Å². The number of aryl methyl sites for hydroxylation is 2. The van der Waals surface area contributed by atoms with E-state index < -0.39 is 0 Å². The van der Waals surface area contributed by atoms with Crippen molar-refractivity contribution in [2.75, 3.05) is 5.32 Å². The Kier molecular flexibility index (Phi) is 6.71. The van der Waals surface area contributed by atoms with Crippen molar-refractivity contribution in [3.8, 4) is 5.75 Å². The monoisotopic (exact) mass is 403 g/mol. The van der Waals surface area contributed by atoms with Gasteiger partial charge in [0.1, 0.15) is 5.75 Å². The Bertz CT molecular complexity index is 1050. The molecule has 29 heavy (non-hydrogen) atoms. The number of benzene rings is 3. The molecule has 3 rings (SSSR count). The molecule has 0 spiro atoms. The lowest BCUT2D eigenvalue weighted by atomic mass is 10.1. The molecule has 0 aliphatic heterocycles. The summed E-state index contributed by atoms with van der Waals surface area (Å²) in [4.78, 5) is 12.3. The van der Waals surface area contributed by atoms with Gasteiger partial charge in [0.25, 0.3) is 0 Å². The predicted molar refractivity (Wildman–Crippen MR) is 121 cm³/mol. The maximum Gasteiger partial charge on any atom is 0.343 e. The van der Waals surface area contributed by atoms with Gasteiger partial charge in [-0.2, -0.15) is 5.10 Å². The first kappa shape index (κ1) is 20.2. The van der Waals surface area contributed by atoms with Crippen LogP contribution in [0.4, 0.5) is 5.69 Å². The van der Waals surface area contributed by atoms with E-state index in [2.05, 4.69) is 15.8 Å². The molecule has 0 aliphatic rings. The van der Waals surface area contributed by atoms with Crippen molar-refractivity contribution in [1.29, 1.82) is 0 Å². The van der Waals surface area contributed by atoms with Crippen molar-refractivity contribution in [3.05, 3.63) is 95.1 Å². The Balaban J connectivity index is 1.53. The van der Waals surface area contributed by atoms with Gasteiger partial charge in [-0.25, -0.2) is 4.79 Å². The summed E-state index contributed by atoms with van der Waals surface area (Å²) in [5.41, 5.74) is 7.09. The molecule has 0 saturated heterocycles. The fourth-order valence-corrected chi connectivity index (χ4v) is 2.80.